The Morgan fingerprint density at radius 1 is 1.12 bits per heavy atom. The van der Waals surface area contributed by atoms with Crippen molar-refractivity contribution in [2.75, 3.05) is 0 Å². The van der Waals surface area contributed by atoms with Gasteiger partial charge in [-0.25, -0.2) is 0 Å². The molecule has 1 aromatic carbocycles. The zero-order chi connectivity index (χ0) is 17.9. The van der Waals surface area contributed by atoms with Crippen molar-refractivity contribution >= 4 is 35.0 Å². The third-order valence-corrected chi connectivity index (χ3v) is 3.93. The van der Waals surface area contributed by atoms with Crippen LogP contribution in [0.3, 0.4) is 0 Å². The first-order valence-corrected chi connectivity index (χ1v) is 8.90. The van der Waals surface area contributed by atoms with Crippen LogP contribution < -0.4 is 15.6 Å². The second kappa shape index (κ2) is 11.2. The number of benzene rings is 1. The normalized spacial score (nSPS) is 11.7. The summed E-state index contributed by atoms with van der Waals surface area (Å²) in [6.07, 6.45) is 4.88. The molecule has 1 aromatic rings. The number of carbonyl (C=O) groups excluding carboxylic acids is 2. The van der Waals surface area contributed by atoms with Gasteiger partial charge in [-0.3, -0.25) is 20.4 Å². The molecule has 0 aliphatic carbocycles. The molecule has 0 fully saturated rings. The van der Waals surface area contributed by atoms with Gasteiger partial charge in [0.15, 0.2) is 6.10 Å². The molecule has 5 nitrogen and oxygen atoms in total. The van der Waals surface area contributed by atoms with E-state index < -0.39 is 12.0 Å². The second-order valence-corrected chi connectivity index (χ2v) is 6.38. The fourth-order valence-corrected chi connectivity index (χ4v) is 2.45. The maximum absolute atomic E-state index is 11.9. The van der Waals surface area contributed by atoms with Gasteiger partial charge in [0.05, 0.1) is 5.02 Å². The minimum atomic E-state index is -0.812. The first-order chi connectivity index (χ1) is 11.4. The molecule has 0 bridgehead atoms. The summed E-state index contributed by atoms with van der Waals surface area (Å²) in [7, 11) is 0. The van der Waals surface area contributed by atoms with Crippen molar-refractivity contribution in [1.29, 1.82) is 0 Å². The van der Waals surface area contributed by atoms with E-state index in [4.69, 9.17) is 27.9 Å². The number of ether oxygens (including phenoxy) is 1. The zero-order valence-corrected chi connectivity index (χ0v) is 15.5. The summed E-state index contributed by atoms with van der Waals surface area (Å²) >= 11 is 11.8. The average molecular weight is 375 g/mol. The van der Waals surface area contributed by atoms with Crippen LogP contribution in [0.2, 0.25) is 10.0 Å². The molecule has 0 heterocycles. The first-order valence-electron chi connectivity index (χ1n) is 8.14. The van der Waals surface area contributed by atoms with Crippen LogP contribution in [0, 0.1) is 0 Å². The minimum Gasteiger partial charge on any atom is -0.479 e. The molecule has 0 aromatic heterocycles. The van der Waals surface area contributed by atoms with E-state index in [1.54, 1.807) is 19.1 Å². The molecule has 1 unspecified atom stereocenters. The topological polar surface area (TPSA) is 67.4 Å². The monoisotopic (exact) mass is 374 g/mol. The van der Waals surface area contributed by atoms with Crippen LogP contribution in [0.4, 0.5) is 0 Å². The van der Waals surface area contributed by atoms with Gasteiger partial charge in [-0.15, -0.1) is 0 Å². The van der Waals surface area contributed by atoms with Gasteiger partial charge in [0, 0.05) is 11.4 Å². The van der Waals surface area contributed by atoms with E-state index in [-0.39, 0.29) is 5.91 Å². The van der Waals surface area contributed by atoms with Gasteiger partial charge < -0.3 is 4.74 Å². The van der Waals surface area contributed by atoms with Crippen molar-refractivity contribution in [3.63, 3.8) is 0 Å². The van der Waals surface area contributed by atoms with E-state index in [2.05, 4.69) is 17.8 Å². The summed E-state index contributed by atoms with van der Waals surface area (Å²) in [5.41, 5.74) is 4.74. The smallest absolute Gasteiger partial charge is 0.279 e. The summed E-state index contributed by atoms with van der Waals surface area (Å²) in [6.45, 7) is 3.71. The Morgan fingerprint density at radius 2 is 1.83 bits per heavy atom. The summed E-state index contributed by atoms with van der Waals surface area (Å²) in [5.74, 6) is -0.317. The van der Waals surface area contributed by atoms with Gasteiger partial charge in [-0.2, -0.15) is 0 Å². The highest BCUT2D eigenvalue weighted by atomic mass is 35.5. The standard InChI is InChI=1S/C17H24Cl2N2O3/c1-3-4-5-6-7-8-16(22)20-21-17(23)12(2)24-15-10-9-13(18)11-14(15)19/h9-12H,3-8H2,1-2H3,(H,20,22)(H,21,23). The van der Waals surface area contributed by atoms with Crippen molar-refractivity contribution in [2.45, 2.75) is 58.5 Å². The molecule has 0 saturated heterocycles. The van der Waals surface area contributed by atoms with E-state index in [1.807, 2.05) is 0 Å². The summed E-state index contributed by atoms with van der Waals surface area (Å²) in [4.78, 5) is 23.6. The predicted octanol–water partition coefficient (Wildman–Crippen LogP) is 4.27. The van der Waals surface area contributed by atoms with E-state index in [9.17, 15) is 9.59 Å². The molecule has 1 atom stereocenters. The first kappa shape index (κ1) is 20.6. The van der Waals surface area contributed by atoms with E-state index in [0.717, 1.165) is 25.7 Å². The molecular formula is C17H24Cl2N2O3. The molecule has 0 radical (unpaired) electrons. The van der Waals surface area contributed by atoms with Crippen molar-refractivity contribution < 1.29 is 14.3 Å². The third kappa shape index (κ3) is 7.88. The Balaban J connectivity index is 2.30. The Hall–Kier alpha value is -1.46. The molecule has 1 rings (SSSR count). The van der Waals surface area contributed by atoms with Gasteiger partial charge >= 0.3 is 0 Å². The lowest BCUT2D eigenvalue weighted by Gasteiger charge is -2.16. The fraction of sp³-hybridized carbons (Fsp3) is 0.529. The van der Waals surface area contributed by atoms with Crippen LogP contribution in [0.25, 0.3) is 0 Å². The minimum absolute atomic E-state index is 0.212. The van der Waals surface area contributed by atoms with Crippen molar-refractivity contribution in [3.05, 3.63) is 28.2 Å². The molecule has 0 aliphatic rings. The van der Waals surface area contributed by atoms with E-state index in [1.165, 1.54) is 12.5 Å². The number of hydrogen-bond donors (Lipinski definition) is 2. The van der Waals surface area contributed by atoms with Gasteiger partial charge in [0.1, 0.15) is 5.75 Å². The fourth-order valence-electron chi connectivity index (χ4n) is 2.00. The molecule has 24 heavy (non-hydrogen) atoms. The second-order valence-electron chi connectivity index (χ2n) is 5.54. The number of hydrogen-bond acceptors (Lipinski definition) is 3. The lowest BCUT2D eigenvalue weighted by atomic mass is 10.1. The molecule has 2 amide bonds. The maximum Gasteiger partial charge on any atom is 0.279 e. The highest BCUT2D eigenvalue weighted by Crippen LogP contribution is 2.28. The lowest BCUT2D eigenvalue weighted by molar-refractivity contribution is -0.132. The average Bonchev–Trinajstić information content (AvgIpc) is 2.54. The van der Waals surface area contributed by atoms with E-state index in [0.29, 0.717) is 22.2 Å². The van der Waals surface area contributed by atoms with E-state index >= 15 is 0 Å². The SMILES string of the molecule is CCCCCCCC(=O)NNC(=O)C(C)Oc1ccc(Cl)cc1Cl. The summed E-state index contributed by atoms with van der Waals surface area (Å²) in [5, 5.41) is 0.800. The predicted molar refractivity (Wildman–Crippen MR) is 96.2 cm³/mol. The van der Waals surface area contributed by atoms with Crippen LogP contribution in [0.1, 0.15) is 52.4 Å². The van der Waals surface area contributed by atoms with Crippen LogP contribution in [0.5, 0.6) is 5.75 Å². The number of unbranched alkanes of at least 4 members (excludes halogenated alkanes) is 4. The van der Waals surface area contributed by atoms with Crippen molar-refractivity contribution in [3.8, 4) is 5.75 Å². The van der Waals surface area contributed by atoms with Gasteiger partial charge in [-0.05, 0) is 31.5 Å². The Labute approximate surface area is 153 Å². The van der Waals surface area contributed by atoms with Gasteiger partial charge in [0.2, 0.25) is 5.91 Å². The largest absolute Gasteiger partial charge is 0.479 e. The Bertz CT molecular complexity index is 553. The third-order valence-electron chi connectivity index (χ3n) is 3.40. The van der Waals surface area contributed by atoms with Crippen LogP contribution in [0.15, 0.2) is 18.2 Å². The number of amides is 2. The molecule has 2 N–H and O–H groups in total. The number of nitrogens with one attached hydrogen (secondary N) is 2. The van der Waals surface area contributed by atoms with Crippen LogP contribution in [-0.4, -0.2) is 17.9 Å². The van der Waals surface area contributed by atoms with Crippen molar-refractivity contribution in [2.24, 2.45) is 0 Å². The molecule has 0 aliphatic heterocycles. The molecule has 0 spiro atoms. The van der Waals surface area contributed by atoms with Crippen molar-refractivity contribution in [1.82, 2.24) is 10.9 Å². The van der Waals surface area contributed by atoms with Crippen LogP contribution in [-0.2, 0) is 9.59 Å². The highest BCUT2D eigenvalue weighted by molar-refractivity contribution is 6.35. The number of halogens is 2. The number of rotatable bonds is 9. The Morgan fingerprint density at radius 3 is 2.50 bits per heavy atom. The molecular weight excluding hydrogens is 351 g/mol. The lowest BCUT2D eigenvalue weighted by Crippen LogP contribution is -2.47. The molecule has 0 saturated carbocycles. The van der Waals surface area contributed by atoms with Gasteiger partial charge in [-0.1, -0.05) is 55.8 Å². The van der Waals surface area contributed by atoms with Gasteiger partial charge in [0.25, 0.3) is 5.91 Å². The van der Waals surface area contributed by atoms with Crippen LogP contribution >= 0.6 is 23.2 Å². The number of hydrazine groups is 1. The molecule has 7 heteroatoms. The zero-order valence-electron chi connectivity index (χ0n) is 14.0. The highest BCUT2D eigenvalue weighted by Gasteiger charge is 2.16. The number of carbonyl (C=O) groups is 2. The molecule has 134 valence electrons. The summed E-state index contributed by atoms with van der Waals surface area (Å²) < 4.78 is 5.47. The maximum atomic E-state index is 11.9. The Kier molecular flexibility index (Phi) is 9.57. The quantitative estimate of drug-likeness (QED) is 0.500. The summed E-state index contributed by atoms with van der Waals surface area (Å²) in [6, 6.07) is 4.74.